The van der Waals surface area contributed by atoms with Gasteiger partial charge in [-0.1, -0.05) is 26.7 Å². The number of hydrogen-bond donors (Lipinski definition) is 3. The van der Waals surface area contributed by atoms with Crippen molar-refractivity contribution in [1.29, 1.82) is 0 Å². The van der Waals surface area contributed by atoms with Crippen molar-refractivity contribution in [2.24, 2.45) is 5.41 Å². The van der Waals surface area contributed by atoms with Crippen molar-refractivity contribution < 1.29 is 0 Å². The quantitative estimate of drug-likeness (QED) is 0.741. The third-order valence-corrected chi connectivity index (χ3v) is 4.65. The topological polar surface area (TPSA) is 83.8 Å². The molecule has 1 unspecified atom stereocenters. The van der Waals surface area contributed by atoms with E-state index in [1.165, 1.54) is 25.6 Å². The molecule has 2 aromatic rings. The molecule has 1 saturated carbocycles. The summed E-state index contributed by atoms with van der Waals surface area (Å²) in [7, 11) is 0. The van der Waals surface area contributed by atoms with Gasteiger partial charge in [0.1, 0.15) is 0 Å². The molecule has 21 heavy (non-hydrogen) atoms. The normalized spacial score (nSPS) is 21.3. The van der Waals surface area contributed by atoms with Gasteiger partial charge in [0.05, 0.1) is 28.6 Å². The molecule has 0 radical (unpaired) electrons. The van der Waals surface area contributed by atoms with Crippen LogP contribution in [0.5, 0.6) is 0 Å². The van der Waals surface area contributed by atoms with Crippen LogP contribution in [-0.2, 0) is 0 Å². The van der Waals surface area contributed by atoms with Gasteiger partial charge in [0.15, 0.2) is 0 Å². The lowest BCUT2D eigenvalue weighted by atomic mass is 9.73. The highest BCUT2D eigenvalue weighted by atomic mass is 16.1. The molecule has 4 N–H and O–H groups in total. The van der Waals surface area contributed by atoms with E-state index in [0.717, 1.165) is 12.1 Å². The summed E-state index contributed by atoms with van der Waals surface area (Å²) in [6, 6.07) is 3.98. The van der Waals surface area contributed by atoms with E-state index in [-0.39, 0.29) is 11.0 Å². The minimum absolute atomic E-state index is 0.156. The number of anilines is 2. The van der Waals surface area contributed by atoms with E-state index in [0.29, 0.717) is 22.6 Å². The minimum Gasteiger partial charge on any atom is -0.397 e. The fourth-order valence-corrected chi connectivity index (χ4v) is 3.21. The molecule has 112 valence electrons. The Bertz CT molecular complexity index is 720. The number of aromatic nitrogens is 2. The van der Waals surface area contributed by atoms with Crippen LogP contribution in [0.3, 0.4) is 0 Å². The van der Waals surface area contributed by atoms with Crippen molar-refractivity contribution in [1.82, 2.24) is 9.97 Å². The number of aromatic amines is 1. The molecule has 1 aromatic carbocycles. The average Bonchev–Trinajstić information content (AvgIpc) is 2.43. The lowest BCUT2D eigenvalue weighted by molar-refractivity contribution is 0.217. The Hall–Kier alpha value is -2.04. The van der Waals surface area contributed by atoms with Crippen LogP contribution < -0.4 is 16.6 Å². The Labute approximate surface area is 124 Å². The molecule has 1 aromatic heterocycles. The number of nitrogens with two attached hydrogens (primary N) is 1. The third-order valence-electron chi connectivity index (χ3n) is 4.65. The zero-order valence-electron chi connectivity index (χ0n) is 12.6. The van der Waals surface area contributed by atoms with E-state index in [9.17, 15) is 4.79 Å². The van der Waals surface area contributed by atoms with Crippen LogP contribution in [0.1, 0.15) is 39.5 Å². The Morgan fingerprint density at radius 1 is 1.38 bits per heavy atom. The monoisotopic (exact) mass is 286 g/mol. The molecular formula is C16H22N4O. The van der Waals surface area contributed by atoms with Crippen molar-refractivity contribution in [2.45, 2.75) is 45.6 Å². The first-order valence-corrected chi connectivity index (χ1v) is 7.51. The number of nitrogens with zero attached hydrogens (tertiary/aromatic N) is 1. The molecule has 1 fully saturated rings. The summed E-state index contributed by atoms with van der Waals surface area (Å²) in [5, 5.41) is 4.10. The third kappa shape index (κ3) is 2.60. The maximum Gasteiger partial charge on any atom is 0.258 e. The predicted molar refractivity (Wildman–Crippen MR) is 86.4 cm³/mol. The Morgan fingerprint density at radius 2 is 2.19 bits per heavy atom. The number of H-pyrrole nitrogens is 1. The van der Waals surface area contributed by atoms with Gasteiger partial charge in [0, 0.05) is 6.04 Å². The smallest absolute Gasteiger partial charge is 0.258 e. The fourth-order valence-electron chi connectivity index (χ4n) is 3.21. The summed E-state index contributed by atoms with van der Waals surface area (Å²) >= 11 is 0. The molecule has 0 spiro atoms. The molecule has 1 aliphatic carbocycles. The second-order valence-corrected chi connectivity index (χ2v) is 6.62. The first-order chi connectivity index (χ1) is 9.97. The second kappa shape index (κ2) is 5.06. The van der Waals surface area contributed by atoms with Crippen molar-refractivity contribution in [3.8, 4) is 0 Å². The van der Waals surface area contributed by atoms with Crippen molar-refractivity contribution in [2.75, 3.05) is 11.1 Å². The van der Waals surface area contributed by atoms with Crippen molar-refractivity contribution in [3.05, 3.63) is 28.8 Å². The molecular weight excluding hydrogens is 264 g/mol. The highest BCUT2D eigenvalue weighted by Crippen LogP contribution is 2.38. The standard InChI is InChI=1S/C16H22N4O/c1-16(2)6-4-3-5-14(16)20-13-8-12-10(7-11(13)17)15(21)19-9-18-12/h7-9,14,20H,3-6,17H2,1-2H3,(H,18,19,21). The summed E-state index contributed by atoms with van der Waals surface area (Å²) < 4.78 is 0. The highest BCUT2D eigenvalue weighted by Gasteiger charge is 2.32. The molecule has 1 heterocycles. The van der Waals surface area contributed by atoms with E-state index in [1.54, 1.807) is 6.07 Å². The molecule has 1 aliphatic rings. The summed E-state index contributed by atoms with van der Waals surface area (Å²) in [5.41, 5.74) is 8.36. The summed E-state index contributed by atoms with van der Waals surface area (Å²) in [6.07, 6.45) is 6.32. The number of nitrogen functional groups attached to an aromatic ring is 1. The number of benzene rings is 1. The van der Waals surface area contributed by atoms with E-state index < -0.39 is 0 Å². The Morgan fingerprint density at radius 3 is 2.95 bits per heavy atom. The largest absolute Gasteiger partial charge is 0.397 e. The van der Waals surface area contributed by atoms with Gasteiger partial charge in [-0.3, -0.25) is 4.79 Å². The van der Waals surface area contributed by atoms with Gasteiger partial charge in [-0.2, -0.15) is 0 Å². The van der Waals surface area contributed by atoms with Crippen LogP contribution in [0, 0.1) is 5.41 Å². The van der Waals surface area contributed by atoms with E-state index >= 15 is 0 Å². The van der Waals surface area contributed by atoms with Gasteiger partial charge in [0.2, 0.25) is 0 Å². The number of nitrogens with one attached hydrogen (secondary N) is 2. The maximum absolute atomic E-state index is 11.8. The van der Waals surface area contributed by atoms with Crippen LogP contribution in [0.15, 0.2) is 23.3 Å². The number of rotatable bonds is 2. The molecule has 0 bridgehead atoms. The molecule has 5 nitrogen and oxygen atoms in total. The molecule has 5 heteroatoms. The van der Waals surface area contributed by atoms with Crippen LogP contribution in [0.2, 0.25) is 0 Å². The van der Waals surface area contributed by atoms with Gasteiger partial charge >= 0.3 is 0 Å². The van der Waals surface area contributed by atoms with E-state index in [2.05, 4.69) is 29.1 Å². The Balaban J connectivity index is 1.97. The van der Waals surface area contributed by atoms with Crippen LogP contribution >= 0.6 is 0 Å². The van der Waals surface area contributed by atoms with Crippen molar-refractivity contribution in [3.63, 3.8) is 0 Å². The summed E-state index contributed by atoms with van der Waals surface area (Å²) in [6.45, 7) is 4.59. The van der Waals surface area contributed by atoms with Gasteiger partial charge < -0.3 is 16.0 Å². The van der Waals surface area contributed by atoms with Gasteiger partial charge in [-0.15, -0.1) is 0 Å². The van der Waals surface area contributed by atoms with Gasteiger partial charge in [-0.05, 0) is 30.4 Å². The zero-order valence-corrected chi connectivity index (χ0v) is 12.6. The molecule has 0 aliphatic heterocycles. The fraction of sp³-hybridized carbons (Fsp3) is 0.500. The second-order valence-electron chi connectivity index (χ2n) is 6.62. The molecule has 0 saturated heterocycles. The van der Waals surface area contributed by atoms with Gasteiger partial charge in [0.25, 0.3) is 5.56 Å². The van der Waals surface area contributed by atoms with Crippen molar-refractivity contribution >= 4 is 22.3 Å². The molecule has 3 rings (SSSR count). The zero-order chi connectivity index (χ0) is 15.0. The van der Waals surface area contributed by atoms with Crippen LogP contribution in [-0.4, -0.2) is 16.0 Å². The lowest BCUT2D eigenvalue weighted by Gasteiger charge is -2.39. The number of fused-ring (bicyclic) bond motifs is 1. The maximum atomic E-state index is 11.8. The summed E-state index contributed by atoms with van der Waals surface area (Å²) in [4.78, 5) is 18.6. The van der Waals surface area contributed by atoms with Crippen LogP contribution in [0.4, 0.5) is 11.4 Å². The highest BCUT2D eigenvalue weighted by molar-refractivity contribution is 5.88. The van der Waals surface area contributed by atoms with E-state index in [4.69, 9.17) is 5.73 Å². The first kappa shape index (κ1) is 13.9. The van der Waals surface area contributed by atoms with E-state index in [1.807, 2.05) is 6.07 Å². The van der Waals surface area contributed by atoms with Gasteiger partial charge in [-0.25, -0.2) is 4.98 Å². The molecule has 1 atom stereocenters. The first-order valence-electron chi connectivity index (χ1n) is 7.51. The summed E-state index contributed by atoms with van der Waals surface area (Å²) in [5.74, 6) is 0. The number of hydrogen-bond acceptors (Lipinski definition) is 4. The Kier molecular flexibility index (Phi) is 3.35. The SMILES string of the molecule is CC1(C)CCCCC1Nc1cc2nc[nH]c(=O)c2cc1N. The molecule has 0 amide bonds. The van der Waals surface area contributed by atoms with Crippen LogP contribution in [0.25, 0.3) is 10.9 Å². The minimum atomic E-state index is -0.156. The predicted octanol–water partition coefficient (Wildman–Crippen LogP) is 2.89. The average molecular weight is 286 g/mol. The lowest BCUT2D eigenvalue weighted by Crippen LogP contribution is -2.39.